The molecule has 0 unspecified atom stereocenters. The molecule has 1 amide bonds. The second-order valence-electron chi connectivity index (χ2n) is 11.0. The summed E-state index contributed by atoms with van der Waals surface area (Å²) in [5.41, 5.74) is -0.541. The van der Waals surface area contributed by atoms with Crippen molar-refractivity contribution >= 4 is 5.91 Å². The molecule has 1 heterocycles. The first kappa shape index (κ1) is 21.8. The van der Waals surface area contributed by atoms with Crippen LogP contribution in [0.3, 0.4) is 0 Å². The Morgan fingerprint density at radius 3 is 2.57 bits per heavy atom. The summed E-state index contributed by atoms with van der Waals surface area (Å²) in [6.45, 7) is 7.12. The second kappa shape index (κ2) is 7.95. The van der Waals surface area contributed by atoms with Gasteiger partial charge in [0.2, 0.25) is 5.91 Å². The SMILES string of the molecule is CC1(C)C[C@H](NCc2ccc(CO)o2)[C@]2(CCC(=O)NC3CC3)CC[C@@](C)(O)C[C@@H]12. The predicted molar refractivity (Wildman–Crippen MR) is 114 cm³/mol. The number of furan rings is 1. The Labute approximate surface area is 179 Å². The van der Waals surface area contributed by atoms with Crippen molar-refractivity contribution in [1.29, 1.82) is 0 Å². The molecule has 3 aliphatic carbocycles. The van der Waals surface area contributed by atoms with Gasteiger partial charge in [-0.3, -0.25) is 4.79 Å². The van der Waals surface area contributed by atoms with E-state index in [1.807, 2.05) is 19.1 Å². The molecule has 6 heteroatoms. The molecule has 30 heavy (non-hydrogen) atoms. The molecule has 3 aliphatic rings. The van der Waals surface area contributed by atoms with E-state index in [0.29, 0.717) is 30.7 Å². The molecule has 0 spiro atoms. The zero-order valence-electron chi connectivity index (χ0n) is 18.7. The molecule has 0 aromatic carbocycles. The quantitative estimate of drug-likeness (QED) is 0.520. The highest BCUT2D eigenvalue weighted by atomic mass is 16.4. The number of aliphatic hydroxyl groups excluding tert-OH is 1. The molecular formula is C24H38N2O4. The Bertz CT molecular complexity index is 767. The number of carbonyl (C=O) groups excluding carboxylic acids is 1. The summed E-state index contributed by atoms with van der Waals surface area (Å²) < 4.78 is 5.68. The lowest BCUT2D eigenvalue weighted by Crippen LogP contribution is -2.51. The van der Waals surface area contributed by atoms with E-state index in [9.17, 15) is 15.0 Å². The van der Waals surface area contributed by atoms with Gasteiger partial charge in [0.25, 0.3) is 0 Å². The van der Waals surface area contributed by atoms with Crippen molar-refractivity contribution in [3.63, 3.8) is 0 Å². The normalized spacial score (nSPS) is 35.2. The molecule has 4 atom stereocenters. The van der Waals surface area contributed by atoms with Crippen LogP contribution in [0.1, 0.15) is 83.7 Å². The van der Waals surface area contributed by atoms with Gasteiger partial charge < -0.3 is 25.3 Å². The number of carbonyl (C=O) groups is 1. The average molecular weight is 419 g/mol. The summed E-state index contributed by atoms with van der Waals surface area (Å²) in [5, 5.41) is 27.0. The number of fused-ring (bicyclic) bond motifs is 1. The fraction of sp³-hybridized carbons (Fsp3) is 0.792. The molecule has 0 radical (unpaired) electrons. The van der Waals surface area contributed by atoms with Crippen LogP contribution in [0.5, 0.6) is 0 Å². The number of nitrogens with one attached hydrogen (secondary N) is 2. The minimum absolute atomic E-state index is 0.000960. The first-order valence-corrected chi connectivity index (χ1v) is 11.6. The van der Waals surface area contributed by atoms with Crippen molar-refractivity contribution in [3.05, 3.63) is 23.7 Å². The van der Waals surface area contributed by atoms with Crippen molar-refractivity contribution in [2.45, 2.75) is 103 Å². The third-order valence-corrected chi connectivity index (χ3v) is 7.99. The monoisotopic (exact) mass is 418 g/mol. The third-order valence-electron chi connectivity index (χ3n) is 7.99. The molecule has 0 aliphatic heterocycles. The molecule has 4 N–H and O–H groups in total. The summed E-state index contributed by atoms with van der Waals surface area (Å²) in [6, 6.07) is 4.39. The highest BCUT2D eigenvalue weighted by Crippen LogP contribution is 2.63. The van der Waals surface area contributed by atoms with Gasteiger partial charge in [-0.25, -0.2) is 0 Å². The molecule has 1 aromatic rings. The Morgan fingerprint density at radius 2 is 1.90 bits per heavy atom. The maximum atomic E-state index is 12.5. The first-order valence-electron chi connectivity index (χ1n) is 11.6. The largest absolute Gasteiger partial charge is 0.462 e. The van der Waals surface area contributed by atoms with Crippen molar-refractivity contribution < 1.29 is 19.4 Å². The van der Waals surface area contributed by atoms with Crippen molar-refractivity contribution in [2.24, 2.45) is 16.7 Å². The summed E-state index contributed by atoms with van der Waals surface area (Å²) in [4.78, 5) is 12.5. The van der Waals surface area contributed by atoms with Gasteiger partial charge in [0.1, 0.15) is 18.1 Å². The molecule has 6 nitrogen and oxygen atoms in total. The highest BCUT2D eigenvalue weighted by molar-refractivity contribution is 5.76. The number of amides is 1. The van der Waals surface area contributed by atoms with Crippen LogP contribution in [-0.4, -0.2) is 33.8 Å². The van der Waals surface area contributed by atoms with E-state index in [1.165, 1.54) is 0 Å². The first-order chi connectivity index (χ1) is 14.1. The molecule has 3 saturated carbocycles. The van der Waals surface area contributed by atoms with Crippen molar-refractivity contribution in [2.75, 3.05) is 0 Å². The standard InChI is InChI=1S/C24H38N2O4/c1-22(2)13-20(25-14-17-6-7-18(15-27)30-17)24(9-8-21(28)26-16-4-5-16)11-10-23(3,29)12-19(22)24/h6-7,16,19-20,25,27,29H,4-5,8-15H2,1-3H3,(H,26,28)/t19-,20-,23+,24+/m0/s1. The van der Waals surface area contributed by atoms with Gasteiger partial charge in [-0.2, -0.15) is 0 Å². The summed E-state index contributed by atoms with van der Waals surface area (Å²) in [7, 11) is 0. The number of hydrogen-bond donors (Lipinski definition) is 4. The van der Waals surface area contributed by atoms with Gasteiger partial charge in [0.15, 0.2) is 0 Å². The van der Waals surface area contributed by atoms with Crippen LogP contribution in [0.25, 0.3) is 0 Å². The van der Waals surface area contributed by atoms with Crippen LogP contribution in [0.15, 0.2) is 16.5 Å². The molecule has 0 bridgehead atoms. The van der Waals surface area contributed by atoms with Gasteiger partial charge >= 0.3 is 0 Å². The number of rotatable bonds is 8. The Morgan fingerprint density at radius 1 is 1.17 bits per heavy atom. The van der Waals surface area contributed by atoms with Crippen LogP contribution in [0.2, 0.25) is 0 Å². The number of hydrogen-bond acceptors (Lipinski definition) is 5. The van der Waals surface area contributed by atoms with Crippen LogP contribution in [0.4, 0.5) is 0 Å². The Hall–Kier alpha value is -1.37. The molecule has 4 rings (SSSR count). The van der Waals surface area contributed by atoms with E-state index in [-0.39, 0.29) is 29.4 Å². The predicted octanol–water partition coefficient (Wildman–Crippen LogP) is 3.26. The zero-order valence-corrected chi connectivity index (χ0v) is 18.7. The average Bonchev–Trinajstić information content (AvgIpc) is 3.32. The highest BCUT2D eigenvalue weighted by Gasteiger charge is 2.61. The fourth-order valence-electron chi connectivity index (χ4n) is 6.21. The van der Waals surface area contributed by atoms with E-state index < -0.39 is 5.60 Å². The lowest BCUT2D eigenvalue weighted by atomic mass is 9.57. The van der Waals surface area contributed by atoms with Crippen molar-refractivity contribution in [1.82, 2.24) is 10.6 Å². The van der Waals surface area contributed by atoms with E-state index in [1.54, 1.807) is 0 Å². The van der Waals surface area contributed by atoms with Crippen LogP contribution >= 0.6 is 0 Å². The summed E-state index contributed by atoms with van der Waals surface area (Å²) in [5.74, 6) is 1.94. The lowest BCUT2D eigenvalue weighted by Gasteiger charge is -2.51. The lowest BCUT2D eigenvalue weighted by molar-refractivity contribution is -0.123. The molecule has 3 fully saturated rings. The summed E-state index contributed by atoms with van der Waals surface area (Å²) in [6.07, 6.45) is 7.15. The van der Waals surface area contributed by atoms with E-state index in [0.717, 1.165) is 50.7 Å². The fourth-order valence-corrected chi connectivity index (χ4v) is 6.21. The smallest absolute Gasteiger partial charge is 0.220 e. The van der Waals surface area contributed by atoms with E-state index in [2.05, 4.69) is 24.5 Å². The topological polar surface area (TPSA) is 94.7 Å². The third kappa shape index (κ3) is 4.46. The van der Waals surface area contributed by atoms with Gasteiger partial charge in [0, 0.05) is 18.5 Å². The maximum Gasteiger partial charge on any atom is 0.220 e. The maximum absolute atomic E-state index is 12.5. The minimum Gasteiger partial charge on any atom is -0.462 e. The second-order valence-corrected chi connectivity index (χ2v) is 11.0. The zero-order chi connectivity index (χ0) is 21.6. The van der Waals surface area contributed by atoms with Gasteiger partial charge in [-0.1, -0.05) is 13.8 Å². The number of aliphatic hydroxyl groups is 2. The van der Waals surface area contributed by atoms with Crippen LogP contribution < -0.4 is 10.6 Å². The molecular weight excluding hydrogens is 380 g/mol. The van der Waals surface area contributed by atoms with E-state index in [4.69, 9.17) is 4.42 Å². The Kier molecular flexibility index (Phi) is 5.79. The van der Waals surface area contributed by atoms with Crippen LogP contribution in [-0.2, 0) is 17.9 Å². The molecule has 0 saturated heterocycles. The van der Waals surface area contributed by atoms with Gasteiger partial charge in [-0.05, 0) is 80.8 Å². The van der Waals surface area contributed by atoms with Gasteiger partial charge in [-0.15, -0.1) is 0 Å². The Balaban J connectivity index is 1.52. The van der Waals surface area contributed by atoms with E-state index >= 15 is 0 Å². The molecule has 1 aromatic heterocycles. The minimum atomic E-state index is -0.631. The summed E-state index contributed by atoms with van der Waals surface area (Å²) >= 11 is 0. The van der Waals surface area contributed by atoms with Gasteiger partial charge in [0.05, 0.1) is 12.1 Å². The van der Waals surface area contributed by atoms with Crippen LogP contribution in [0, 0.1) is 16.7 Å². The van der Waals surface area contributed by atoms with Crippen molar-refractivity contribution in [3.8, 4) is 0 Å². The molecule has 168 valence electrons.